The van der Waals surface area contributed by atoms with Crippen LogP contribution in [0.15, 0.2) is 24.5 Å². The molecule has 0 spiro atoms. The normalized spacial score (nSPS) is 18.1. The first-order chi connectivity index (χ1) is 8.75. The van der Waals surface area contributed by atoms with Crippen molar-refractivity contribution in [2.45, 2.75) is 51.1 Å². The van der Waals surface area contributed by atoms with Crippen molar-refractivity contribution in [3.8, 4) is 0 Å². The lowest BCUT2D eigenvalue weighted by molar-refractivity contribution is 0.411. The van der Waals surface area contributed by atoms with Gasteiger partial charge in [0.25, 0.3) is 0 Å². The van der Waals surface area contributed by atoms with E-state index in [1.165, 1.54) is 32.1 Å². The molecule has 1 aliphatic carbocycles. The van der Waals surface area contributed by atoms with Gasteiger partial charge in [0.2, 0.25) is 0 Å². The van der Waals surface area contributed by atoms with Crippen molar-refractivity contribution < 1.29 is 0 Å². The van der Waals surface area contributed by atoms with E-state index in [1.54, 1.807) is 6.20 Å². The van der Waals surface area contributed by atoms with Crippen LogP contribution in [0.5, 0.6) is 0 Å². The molecule has 2 N–H and O–H groups in total. The van der Waals surface area contributed by atoms with Crippen molar-refractivity contribution in [1.29, 1.82) is 0 Å². The van der Waals surface area contributed by atoms with E-state index in [-0.39, 0.29) is 6.04 Å². The first-order valence-corrected chi connectivity index (χ1v) is 7.13. The zero-order valence-corrected chi connectivity index (χ0v) is 11.7. The summed E-state index contributed by atoms with van der Waals surface area (Å²) in [6.07, 6.45) is 10.1. The predicted molar refractivity (Wildman–Crippen MR) is 78.4 cm³/mol. The Balaban J connectivity index is 1.80. The van der Waals surface area contributed by atoms with E-state index < -0.39 is 0 Å². The molecule has 1 saturated carbocycles. The number of nitrogens with zero attached hydrogens (tertiary/aromatic N) is 1. The van der Waals surface area contributed by atoms with Crippen LogP contribution in [0.25, 0.3) is 0 Å². The third kappa shape index (κ3) is 3.95. The Kier molecular flexibility index (Phi) is 4.93. The molecule has 0 saturated heterocycles. The topological polar surface area (TPSA) is 37.0 Å². The van der Waals surface area contributed by atoms with Gasteiger partial charge >= 0.3 is 0 Å². The summed E-state index contributed by atoms with van der Waals surface area (Å²) >= 11 is 5.37. The summed E-state index contributed by atoms with van der Waals surface area (Å²) in [6.45, 7) is 2.10. The zero-order valence-electron chi connectivity index (χ0n) is 10.9. The van der Waals surface area contributed by atoms with Crippen molar-refractivity contribution in [3.63, 3.8) is 0 Å². The van der Waals surface area contributed by atoms with Crippen LogP contribution < -0.4 is 10.6 Å². The maximum Gasteiger partial charge on any atom is 0.166 e. The average molecular weight is 263 g/mol. The lowest BCUT2D eigenvalue weighted by Crippen LogP contribution is -2.43. The zero-order chi connectivity index (χ0) is 12.8. The molecule has 1 heterocycles. The van der Waals surface area contributed by atoms with Crippen molar-refractivity contribution in [3.05, 3.63) is 30.1 Å². The van der Waals surface area contributed by atoms with Gasteiger partial charge in [-0.2, -0.15) is 0 Å². The molecule has 0 aliphatic heterocycles. The Hall–Kier alpha value is -1.16. The Bertz CT molecular complexity index is 374. The number of hydrogen-bond acceptors (Lipinski definition) is 2. The molecule has 2 rings (SSSR count). The van der Waals surface area contributed by atoms with Gasteiger partial charge < -0.3 is 10.6 Å². The Morgan fingerprint density at radius 1 is 1.39 bits per heavy atom. The standard InChI is InChI=1S/C14H21N3S/c1-11(12-6-5-9-15-10-12)16-14(18)17-13-7-3-2-4-8-13/h5-6,9-11,13H,2-4,7-8H2,1H3,(H2,16,17,18). The van der Waals surface area contributed by atoms with Crippen LogP contribution in [-0.4, -0.2) is 16.1 Å². The Morgan fingerprint density at radius 2 is 2.17 bits per heavy atom. The summed E-state index contributed by atoms with van der Waals surface area (Å²) in [7, 11) is 0. The number of pyridine rings is 1. The highest BCUT2D eigenvalue weighted by atomic mass is 32.1. The van der Waals surface area contributed by atoms with Crippen LogP contribution in [0.2, 0.25) is 0 Å². The van der Waals surface area contributed by atoms with Crippen molar-refractivity contribution >= 4 is 17.3 Å². The fraction of sp³-hybridized carbons (Fsp3) is 0.571. The molecule has 1 unspecified atom stereocenters. The third-order valence-electron chi connectivity index (χ3n) is 3.47. The smallest absolute Gasteiger partial charge is 0.166 e. The largest absolute Gasteiger partial charge is 0.360 e. The van der Waals surface area contributed by atoms with E-state index in [9.17, 15) is 0 Å². The molecular weight excluding hydrogens is 242 g/mol. The van der Waals surface area contributed by atoms with Crippen LogP contribution in [0.3, 0.4) is 0 Å². The molecule has 18 heavy (non-hydrogen) atoms. The van der Waals surface area contributed by atoms with Crippen molar-refractivity contribution in [2.75, 3.05) is 0 Å². The van der Waals surface area contributed by atoms with E-state index in [0.29, 0.717) is 6.04 Å². The second-order valence-corrected chi connectivity index (χ2v) is 5.37. The minimum absolute atomic E-state index is 0.197. The van der Waals surface area contributed by atoms with Gasteiger partial charge in [-0.15, -0.1) is 0 Å². The summed E-state index contributed by atoms with van der Waals surface area (Å²) in [6, 6.07) is 4.76. The van der Waals surface area contributed by atoms with E-state index in [0.717, 1.165) is 10.7 Å². The quantitative estimate of drug-likeness (QED) is 0.822. The minimum atomic E-state index is 0.197. The Morgan fingerprint density at radius 3 is 2.83 bits per heavy atom. The molecule has 1 atom stereocenters. The Labute approximate surface area is 114 Å². The minimum Gasteiger partial charge on any atom is -0.360 e. The van der Waals surface area contributed by atoms with Crippen LogP contribution >= 0.6 is 12.2 Å². The van der Waals surface area contributed by atoms with Crippen LogP contribution in [0, 0.1) is 0 Å². The van der Waals surface area contributed by atoms with Crippen molar-refractivity contribution in [1.82, 2.24) is 15.6 Å². The molecule has 1 aliphatic rings. The molecule has 0 aromatic carbocycles. The van der Waals surface area contributed by atoms with Gasteiger partial charge in [0, 0.05) is 18.4 Å². The maximum absolute atomic E-state index is 5.37. The molecule has 0 bridgehead atoms. The summed E-state index contributed by atoms with van der Waals surface area (Å²) < 4.78 is 0. The van der Waals surface area contributed by atoms with Gasteiger partial charge in [-0.1, -0.05) is 25.3 Å². The maximum atomic E-state index is 5.37. The molecule has 1 fully saturated rings. The second kappa shape index (κ2) is 6.69. The lowest BCUT2D eigenvalue weighted by Gasteiger charge is -2.26. The first kappa shape index (κ1) is 13.3. The molecule has 3 nitrogen and oxygen atoms in total. The first-order valence-electron chi connectivity index (χ1n) is 6.72. The van der Waals surface area contributed by atoms with E-state index in [4.69, 9.17) is 12.2 Å². The number of rotatable bonds is 3. The summed E-state index contributed by atoms with van der Waals surface area (Å²) in [4.78, 5) is 4.13. The van der Waals surface area contributed by atoms with Gasteiger partial charge in [-0.3, -0.25) is 4.98 Å². The highest BCUT2D eigenvalue weighted by Gasteiger charge is 2.15. The van der Waals surface area contributed by atoms with Gasteiger partial charge in [-0.05, 0) is 43.6 Å². The molecule has 1 aromatic heterocycles. The predicted octanol–water partition coefficient (Wildman–Crippen LogP) is 2.94. The molecule has 4 heteroatoms. The number of aromatic nitrogens is 1. The van der Waals surface area contributed by atoms with Gasteiger partial charge in [-0.25, -0.2) is 0 Å². The summed E-state index contributed by atoms with van der Waals surface area (Å²) in [5, 5.41) is 7.51. The number of nitrogens with one attached hydrogen (secondary N) is 2. The molecule has 1 aromatic rings. The summed E-state index contributed by atoms with van der Waals surface area (Å²) in [5.74, 6) is 0. The fourth-order valence-corrected chi connectivity index (χ4v) is 2.73. The lowest BCUT2D eigenvalue weighted by atomic mass is 9.96. The van der Waals surface area contributed by atoms with Crippen LogP contribution in [0.1, 0.15) is 50.6 Å². The highest BCUT2D eigenvalue weighted by Crippen LogP contribution is 2.17. The van der Waals surface area contributed by atoms with Crippen LogP contribution in [0.4, 0.5) is 0 Å². The molecular formula is C14H21N3S. The SMILES string of the molecule is CC(NC(=S)NC1CCCCC1)c1cccnc1. The van der Waals surface area contributed by atoms with Crippen LogP contribution in [-0.2, 0) is 0 Å². The second-order valence-electron chi connectivity index (χ2n) is 4.96. The molecule has 0 amide bonds. The van der Waals surface area contributed by atoms with E-state index in [2.05, 4.69) is 28.6 Å². The monoisotopic (exact) mass is 263 g/mol. The molecule has 98 valence electrons. The van der Waals surface area contributed by atoms with E-state index >= 15 is 0 Å². The number of hydrogen-bond donors (Lipinski definition) is 2. The van der Waals surface area contributed by atoms with Gasteiger partial charge in [0.15, 0.2) is 5.11 Å². The number of thiocarbonyl (C=S) groups is 1. The van der Waals surface area contributed by atoms with Crippen molar-refractivity contribution in [2.24, 2.45) is 0 Å². The molecule has 0 radical (unpaired) electrons. The average Bonchev–Trinajstić information content (AvgIpc) is 2.40. The van der Waals surface area contributed by atoms with E-state index in [1.807, 2.05) is 12.3 Å². The van der Waals surface area contributed by atoms with Gasteiger partial charge in [0.05, 0.1) is 6.04 Å². The highest BCUT2D eigenvalue weighted by molar-refractivity contribution is 7.80. The van der Waals surface area contributed by atoms with Gasteiger partial charge in [0.1, 0.15) is 0 Å². The summed E-state index contributed by atoms with van der Waals surface area (Å²) in [5.41, 5.74) is 1.16. The third-order valence-corrected chi connectivity index (χ3v) is 3.71. The fourth-order valence-electron chi connectivity index (χ4n) is 2.39.